The Bertz CT molecular complexity index is 862. The molecule has 2 atom stereocenters. The first-order valence-electron chi connectivity index (χ1n) is 8.30. The Morgan fingerprint density at radius 1 is 1.16 bits per heavy atom. The lowest BCUT2D eigenvalue weighted by Crippen LogP contribution is -2.55. The summed E-state index contributed by atoms with van der Waals surface area (Å²) in [7, 11) is 0. The maximum atomic E-state index is 12.9. The van der Waals surface area contributed by atoms with Crippen LogP contribution in [0.3, 0.4) is 0 Å². The van der Waals surface area contributed by atoms with Gasteiger partial charge in [0.1, 0.15) is 6.04 Å². The van der Waals surface area contributed by atoms with Gasteiger partial charge in [0, 0.05) is 24.6 Å². The molecule has 4 rings (SSSR count). The molecule has 0 radical (unpaired) electrons. The monoisotopic (exact) mass is 334 g/mol. The second-order valence-electron chi connectivity index (χ2n) is 6.67. The number of rotatable bonds is 3. The molecule has 0 bridgehead atoms. The fourth-order valence-corrected chi connectivity index (χ4v) is 3.85. The molecule has 2 heterocycles. The number of carboxylic acid groups (broad SMARTS) is 1. The van der Waals surface area contributed by atoms with Crippen molar-refractivity contribution in [3.63, 3.8) is 0 Å². The summed E-state index contributed by atoms with van der Waals surface area (Å²) in [6.07, 6.45) is 2.37. The predicted octanol–water partition coefficient (Wildman–Crippen LogP) is 2.92. The number of aliphatic carboxylic acids is 1. The summed E-state index contributed by atoms with van der Waals surface area (Å²) in [5, 5.41) is 9.76. The summed E-state index contributed by atoms with van der Waals surface area (Å²) >= 11 is 0. The van der Waals surface area contributed by atoms with Crippen LogP contribution in [0.4, 0.5) is 5.69 Å². The Balaban J connectivity index is 1.67. The number of likely N-dealkylation sites (tertiary alicyclic amines) is 1. The van der Waals surface area contributed by atoms with E-state index in [4.69, 9.17) is 0 Å². The van der Waals surface area contributed by atoms with Crippen LogP contribution in [-0.2, 0) is 21.5 Å². The Hall–Kier alpha value is -2.95. The number of carbonyl (C=O) groups is 2. The molecule has 1 spiro atoms. The fourth-order valence-electron chi connectivity index (χ4n) is 3.85. The first-order chi connectivity index (χ1) is 12.1. The number of para-hydroxylation sites is 1. The smallest absolute Gasteiger partial charge is 0.326 e. The van der Waals surface area contributed by atoms with Gasteiger partial charge in [0.15, 0.2) is 0 Å². The van der Waals surface area contributed by atoms with E-state index < -0.39 is 17.4 Å². The fraction of sp³-hybridized carbons (Fsp3) is 0.250. The second-order valence-corrected chi connectivity index (χ2v) is 6.67. The molecule has 1 fully saturated rings. The lowest BCUT2D eigenvalue weighted by Gasteiger charge is -2.42. The summed E-state index contributed by atoms with van der Waals surface area (Å²) in [5.74, 6) is -1.12. The number of aliphatic imine (C=N–C) groups is 1. The standard InChI is InChI=1S/C20H18N2O3/c23-18-11-20(13-21-16-9-5-4-8-15(16)20)10-17(19(24)25)22(18)12-14-6-2-1-3-7-14/h1-9,13,17H,10-12H2,(H,24,25)/t17-,20+/m1/s1. The van der Waals surface area contributed by atoms with Gasteiger partial charge in [-0.1, -0.05) is 48.5 Å². The molecule has 0 aromatic heterocycles. The van der Waals surface area contributed by atoms with Crippen molar-refractivity contribution in [1.29, 1.82) is 0 Å². The van der Waals surface area contributed by atoms with Gasteiger partial charge in [-0.25, -0.2) is 4.79 Å². The van der Waals surface area contributed by atoms with Crippen LogP contribution in [0.25, 0.3) is 0 Å². The topological polar surface area (TPSA) is 70.0 Å². The minimum atomic E-state index is -0.971. The Morgan fingerprint density at radius 2 is 1.88 bits per heavy atom. The number of hydrogen-bond donors (Lipinski definition) is 1. The minimum absolute atomic E-state index is 0.148. The van der Waals surface area contributed by atoms with Crippen molar-refractivity contribution in [3.8, 4) is 0 Å². The molecule has 126 valence electrons. The number of hydrogen-bond acceptors (Lipinski definition) is 3. The summed E-state index contributed by atoms with van der Waals surface area (Å²) < 4.78 is 0. The summed E-state index contributed by atoms with van der Waals surface area (Å²) in [6, 6.07) is 16.3. The first-order valence-corrected chi connectivity index (χ1v) is 8.30. The highest BCUT2D eigenvalue weighted by atomic mass is 16.4. The second kappa shape index (κ2) is 5.84. The quantitative estimate of drug-likeness (QED) is 0.938. The lowest BCUT2D eigenvalue weighted by molar-refractivity contribution is -0.155. The SMILES string of the molecule is O=C(O)[C@H]1C[C@@]2(C=Nc3ccccc32)CC(=O)N1Cc1ccccc1. The maximum absolute atomic E-state index is 12.9. The Kier molecular flexibility index (Phi) is 3.64. The van der Waals surface area contributed by atoms with E-state index in [0.29, 0.717) is 13.0 Å². The Labute approximate surface area is 145 Å². The number of amides is 1. The van der Waals surface area contributed by atoms with Gasteiger partial charge < -0.3 is 10.0 Å². The highest BCUT2D eigenvalue weighted by molar-refractivity contribution is 5.95. The number of carboxylic acids is 1. The van der Waals surface area contributed by atoms with Gasteiger partial charge in [0.2, 0.25) is 5.91 Å². The van der Waals surface area contributed by atoms with E-state index in [1.165, 1.54) is 4.90 Å². The van der Waals surface area contributed by atoms with Crippen LogP contribution < -0.4 is 0 Å². The average molecular weight is 334 g/mol. The summed E-state index contributed by atoms with van der Waals surface area (Å²) in [6.45, 7) is 0.311. The number of piperidine rings is 1. The molecule has 2 aliphatic rings. The van der Waals surface area contributed by atoms with Crippen LogP contribution in [0.2, 0.25) is 0 Å². The summed E-state index contributed by atoms with van der Waals surface area (Å²) in [4.78, 5) is 30.7. The van der Waals surface area contributed by atoms with Crippen molar-refractivity contribution < 1.29 is 14.7 Å². The van der Waals surface area contributed by atoms with Crippen LogP contribution in [0.5, 0.6) is 0 Å². The number of benzene rings is 2. The number of carbonyl (C=O) groups excluding carboxylic acids is 1. The first kappa shape index (κ1) is 15.6. The van der Waals surface area contributed by atoms with Crippen molar-refractivity contribution in [2.24, 2.45) is 4.99 Å². The van der Waals surface area contributed by atoms with Gasteiger partial charge in [-0.3, -0.25) is 9.79 Å². The van der Waals surface area contributed by atoms with E-state index in [9.17, 15) is 14.7 Å². The molecule has 1 N–H and O–H groups in total. The molecule has 2 aliphatic heterocycles. The lowest BCUT2D eigenvalue weighted by atomic mass is 9.71. The third kappa shape index (κ3) is 2.61. The number of fused-ring (bicyclic) bond motifs is 2. The predicted molar refractivity (Wildman–Crippen MR) is 93.9 cm³/mol. The van der Waals surface area contributed by atoms with Gasteiger partial charge >= 0.3 is 5.97 Å². The molecule has 25 heavy (non-hydrogen) atoms. The van der Waals surface area contributed by atoms with Crippen molar-refractivity contribution in [1.82, 2.24) is 4.90 Å². The van der Waals surface area contributed by atoms with Crippen LogP contribution in [0, 0.1) is 0 Å². The largest absolute Gasteiger partial charge is 0.480 e. The van der Waals surface area contributed by atoms with Crippen molar-refractivity contribution in [3.05, 3.63) is 65.7 Å². The van der Waals surface area contributed by atoms with Gasteiger partial charge in [0.05, 0.1) is 5.69 Å². The highest BCUT2D eigenvalue weighted by Crippen LogP contribution is 2.45. The molecule has 0 saturated carbocycles. The maximum Gasteiger partial charge on any atom is 0.326 e. The van der Waals surface area contributed by atoms with E-state index in [2.05, 4.69) is 4.99 Å². The molecule has 0 unspecified atom stereocenters. The zero-order chi connectivity index (χ0) is 17.4. The number of nitrogens with zero attached hydrogens (tertiary/aromatic N) is 2. The van der Waals surface area contributed by atoms with Gasteiger partial charge in [-0.15, -0.1) is 0 Å². The molecule has 2 aromatic rings. The van der Waals surface area contributed by atoms with Crippen molar-refractivity contribution >= 4 is 23.8 Å². The van der Waals surface area contributed by atoms with Crippen LogP contribution >= 0.6 is 0 Å². The summed E-state index contributed by atoms with van der Waals surface area (Å²) in [5.41, 5.74) is 2.10. The highest BCUT2D eigenvalue weighted by Gasteiger charge is 2.49. The third-order valence-corrected chi connectivity index (χ3v) is 5.09. The van der Waals surface area contributed by atoms with Crippen molar-refractivity contribution in [2.75, 3.05) is 0 Å². The zero-order valence-electron chi connectivity index (χ0n) is 13.6. The minimum Gasteiger partial charge on any atom is -0.480 e. The van der Waals surface area contributed by atoms with Gasteiger partial charge in [-0.05, 0) is 23.6 Å². The molecular formula is C20H18N2O3. The van der Waals surface area contributed by atoms with Crippen LogP contribution in [0.1, 0.15) is 24.0 Å². The van der Waals surface area contributed by atoms with E-state index in [1.807, 2.05) is 54.6 Å². The molecule has 5 nitrogen and oxygen atoms in total. The van der Waals surface area contributed by atoms with Gasteiger partial charge in [0.25, 0.3) is 0 Å². The van der Waals surface area contributed by atoms with E-state index in [-0.39, 0.29) is 12.3 Å². The van der Waals surface area contributed by atoms with Crippen LogP contribution in [-0.4, -0.2) is 34.1 Å². The normalized spacial score (nSPS) is 24.6. The molecule has 2 aromatic carbocycles. The van der Waals surface area contributed by atoms with Crippen LogP contribution in [0.15, 0.2) is 59.6 Å². The molecule has 0 aliphatic carbocycles. The van der Waals surface area contributed by atoms with E-state index in [0.717, 1.165) is 16.8 Å². The zero-order valence-corrected chi connectivity index (χ0v) is 13.6. The molecule has 1 amide bonds. The third-order valence-electron chi connectivity index (χ3n) is 5.09. The molecular weight excluding hydrogens is 316 g/mol. The Morgan fingerprint density at radius 3 is 2.64 bits per heavy atom. The van der Waals surface area contributed by atoms with Gasteiger partial charge in [-0.2, -0.15) is 0 Å². The average Bonchev–Trinajstić information content (AvgIpc) is 2.96. The van der Waals surface area contributed by atoms with Crippen molar-refractivity contribution in [2.45, 2.75) is 30.8 Å². The van der Waals surface area contributed by atoms with E-state index in [1.54, 1.807) is 6.21 Å². The van der Waals surface area contributed by atoms with E-state index >= 15 is 0 Å². The molecule has 1 saturated heterocycles. The molecule has 5 heteroatoms.